The van der Waals surface area contributed by atoms with Gasteiger partial charge in [0.15, 0.2) is 11.3 Å². The fraction of sp³-hybridized carbons (Fsp3) is 0.381. The van der Waals surface area contributed by atoms with E-state index in [0.29, 0.717) is 54.2 Å². The highest BCUT2D eigenvalue weighted by molar-refractivity contribution is 7.89. The minimum absolute atomic E-state index is 0.105. The van der Waals surface area contributed by atoms with E-state index in [-0.39, 0.29) is 23.2 Å². The number of carbonyl (C=O) groups excluding carboxylic acids is 1. The maximum absolute atomic E-state index is 12.9. The summed E-state index contributed by atoms with van der Waals surface area (Å²) in [4.78, 5) is 11.6. The van der Waals surface area contributed by atoms with Gasteiger partial charge in [0.25, 0.3) is 0 Å². The van der Waals surface area contributed by atoms with E-state index >= 15 is 0 Å². The number of sulfonamides is 1. The molecule has 1 amide bonds. The van der Waals surface area contributed by atoms with Crippen molar-refractivity contribution >= 4 is 44.1 Å². The first-order chi connectivity index (χ1) is 14.9. The van der Waals surface area contributed by atoms with Crippen LogP contribution in [-0.2, 0) is 19.6 Å². The number of methoxy groups -OCH3 is 1. The van der Waals surface area contributed by atoms with Crippen LogP contribution in [-0.4, -0.2) is 47.1 Å². The molecule has 0 saturated heterocycles. The van der Waals surface area contributed by atoms with Gasteiger partial charge < -0.3 is 19.2 Å². The third-order valence-corrected chi connectivity index (χ3v) is 6.42. The SMILES string of the molecule is CCOCCCNS(=O)(=O)c1ccc(OC)c2oc(C3=CCC(NC(=O)CCl)=C3)cc12. The zero-order valence-electron chi connectivity index (χ0n) is 17.4. The normalized spacial score (nSPS) is 13.9. The number of halogens is 1. The number of alkyl halides is 1. The van der Waals surface area contributed by atoms with Crippen molar-refractivity contribution in [1.29, 1.82) is 0 Å². The Morgan fingerprint density at radius 3 is 2.84 bits per heavy atom. The Kier molecular flexibility index (Phi) is 7.77. The number of hydrogen-bond donors (Lipinski definition) is 2. The number of benzene rings is 1. The second-order valence-corrected chi connectivity index (χ2v) is 8.79. The van der Waals surface area contributed by atoms with Crippen molar-refractivity contribution in [2.75, 3.05) is 32.7 Å². The summed E-state index contributed by atoms with van der Waals surface area (Å²) in [6, 6.07) is 4.73. The Balaban J connectivity index is 1.90. The largest absolute Gasteiger partial charge is 0.493 e. The number of allylic oxidation sites excluding steroid dienone is 3. The molecule has 1 aliphatic carbocycles. The maximum atomic E-state index is 12.9. The molecule has 1 aromatic heterocycles. The highest BCUT2D eigenvalue weighted by atomic mass is 35.5. The summed E-state index contributed by atoms with van der Waals surface area (Å²) in [5.74, 6) is 0.475. The highest BCUT2D eigenvalue weighted by Crippen LogP contribution is 2.37. The van der Waals surface area contributed by atoms with E-state index in [9.17, 15) is 13.2 Å². The average molecular weight is 469 g/mol. The Morgan fingerprint density at radius 2 is 2.13 bits per heavy atom. The van der Waals surface area contributed by atoms with Gasteiger partial charge >= 0.3 is 0 Å². The standard InChI is InChI=1S/C21H25ClN2O6S/c1-3-29-10-4-9-23-31(26,27)19-8-7-17(28-2)21-16(19)12-18(30-21)14-5-6-15(11-14)24-20(25)13-22/h5,7-8,11-12,23H,3-4,6,9-10,13H2,1-2H3,(H,24,25). The fourth-order valence-corrected chi connectivity index (χ4v) is 4.53. The van der Waals surface area contributed by atoms with Gasteiger partial charge in [0.2, 0.25) is 15.9 Å². The molecule has 168 valence electrons. The quantitative estimate of drug-likeness (QED) is 0.387. The van der Waals surface area contributed by atoms with E-state index in [1.54, 1.807) is 18.2 Å². The summed E-state index contributed by atoms with van der Waals surface area (Å²) in [5, 5.41) is 3.13. The summed E-state index contributed by atoms with van der Waals surface area (Å²) in [7, 11) is -2.28. The van der Waals surface area contributed by atoms with E-state index in [1.807, 2.05) is 13.0 Å². The third-order valence-electron chi connectivity index (χ3n) is 4.66. The van der Waals surface area contributed by atoms with Crippen molar-refractivity contribution in [3.63, 3.8) is 0 Å². The lowest BCUT2D eigenvalue weighted by atomic mass is 10.2. The molecule has 0 unspecified atom stereocenters. The molecule has 3 rings (SSSR count). The van der Waals surface area contributed by atoms with Gasteiger partial charge in [-0.1, -0.05) is 6.08 Å². The van der Waals surface area contributed by atoms with Gasteiger partial charge in [-0.25, -0.2) is 13.1 Å². The molecule has 0 saturated carbocycles. The summed E-state index contributed by atoms with van der Waals surface area (Å²) in [6.07, 6.45) is 4.74. The first-order valence-corrected chi connectivity index (χ1v) is 11.9. The zero-order valence-corrected chi connectivity index (χ0v) is 18.9. The average Bonchev–Trinajstić information content (AvgIpc) is 3.39. The van der Waals surface area contributed by atoms with Gasteiger partial charge in [0, 0.05) is 42.8 Å². The molecule has 1 heterocycles. The Labute approximate surface area is 186 Å². The fourth-order valence-electron chi connectivity index (χ4n) is 3.21. The summed E-state index contributed by atoms with van der Waals surface area (Å²) in [6.45, 7) is 3.22. The van der Waals surface area contributed by atoms with Crippen LogP contribution in [0.15, 0.2) is 45.4 Å². The zero-order chi connectivity index (χ0) is 22.4. The number of rotatable bonds is 11. The number of carbonyl (C=O) groups is 1. The third kappa shape index (κ3) is 5.48. The lowest BCUT2D eigenvalue weighted by Crippen LogP contribution is -2.25. The molecule has 1 aliphatic rings. The molecule has 1 aromatic carbocycles. The van der Waals surface area contributed by atoms with Gasteiger partial charge in [-0.05, 0) is 37.6 Å². The Hall–Kier alpha value is -2.33. The molecule has 10 heteroatoms. The van der Waals surface area contributed by atoms with Crippen LogP contribution in [0, 0.1) is 0 Å². The number of fused-ring (bicyclic) bond motifs is 1. The van der Waals surface area contributed by atoms with Gasteiger partial charge in [0.05, 0.1) is 12.0 Å². The lowest BCUT2D eigenvalue weighted by molar-refractivity contribution is -0.118. The predicted molar refractivity (Wildman–Crippen MR) is 119 cm³/mol. The molecule has 8 nitrogen and oxygen atoms in total. The van der Waals surface area contributed by atoms with Crippen LogP contribution in [0.3, 0.4) is 0 Å². The first kappa shape index (κ1) is 23.3. The van der Waals surface area contributed by atoms with Crippen LogP contribution in [0.4, 0.5) is 0 Å². The van der Waals surface area contributed by atoms with Gasteiger partial charge in [-0.15, -0.1) is 11.6 Å². The number of nitrogens with one attached hydrogen (secondary N) is 2. The van der Waals surface area contributed by atoms with Crippen molar-refractivity contribution in [3.8, 4) is 5.75 Å². The molecular weight excluding hydrogens is 444 g/mol. The molecule has 0 radical (unpaired) electrons. The van der Waals surface area contributed by atoms with Gasteiger partial charge in [0.1, 0.15) is 11.6 Å². The molecule has 0 fully saturated rings. The first-order valence-electron chi connectivity index (χ1n) is 9.84. The van der Waals surface area contributed by atoms with E-state index < -0.39 is 10.0 Å². The summed E-state index contributed by atoms with van der Waals surface area (Å²) in [5.41, 5.74) is 1.76. The number of hydrogen-bond acceptors (Lipinski definition) is 6. The maximum Gasteiger partial charge on any atom is 0.241 e. The lowest BCUT2D eigenvalue weighted by Gasteiger charge is -2.09. The van der Waals surface area contributed by atoms with Crippen molar-refractivity contribution < 1.29 is 27.1 Å². The second-order valence-electron chi connectivity index (χ2n) is 6.78. The highest BCUT2D eigenvalue weighted by Gasteiger charge is 2.23. The molecule has 2 aromatic rings. The monoisotopic (exact) mass is 468 g/mol. The molecule has 2 N–H and O–H groups in total. The van der Waals surface area contributed by atoms with E-state index in [2.05, 4.69) is 10.0 Å². The summed E-state index contributed by atoms with van der Waals surface area (Å²) >= 11 is 5.53. The molecule has 31 heavy (non-hydrogen) atoms. The number of amides is 1. The topological polar surface area (TPSA) is 107 Å². The van der Waals surface area contributed by atoms with E-state index in [1.165, 1.54) is 13.2 Å². The Morgan fingerprint density at radius 1 is 1.32 bits per heavy atom. The van der Waals surface area contributed by atoms with Crippen molar-refractivity contribution in [2.24, 2.45) is 0 Å². The second kappa shape index (κ2) is 10.3. The van der Waals surface area contributed by atoms with Crippen LogP contribution < -0.4 is 14.8 Å². The number of furan rings is 1. The molecule has 0 spiro atoms. The summed E-state index contributed by atoms with van der Waals surface area (Å²) < 4.78 is 44.9. The number of ether oxygens (including phenoxy) is 2. The molecule has 0 aliphatic heterocycles. The van der Waals surface area contributed by atoms with Crippen LogP contribution in [0.1, 0.15) is 25.5 Å². The van der Waals surface area contributed by atoms with E-state index in [4.69, 9.17) is 25.5 Å². The van der Waals surface area contributed by atoms with Crippen molar-refractivity contribution in [3.05, 3.63) is 41.8 Å². The van der Waals surface area contributed by atoms with Crippen LogP contribution in [0.5, 0.6) is 5.75 Å². The minimum Gasteiger partial charge on any atom is -0.493 e. The Bertz CT molecular complexity index is 1120. The molecule has 0 bridgehead atoms. The van der Waals surface area contributed by atoms with Gasteiger partial charge in [-0.2, -0.15) is 0 Å². The van der Waals surface area contributed by atoms with Crippen LogP contribution in [0.2, 0.25) is 0 Å². The molecular formula is C21H25ClN2O6S. The van der Waals surface area contributed by atoms with E-state index in [0.717, 1.165) is 5.57 Å². The predicted octanol–water partition coefficient (Wildman–Crippen LogP) is 3.17. The van der Waals surface area contributed by atoms with Gasteiger partial charge in [-0.3, -0.25) is 4.79 Å². The molecule has 0 atom stereocenters. The smallest absolute Gasteiger partial charge is 0.241 e. The van der Waals surface area contributed by atoms with Crippen LogP contribution in [0.25, 0.3) is 16.5 Å². The van der Waals surface area contributed by atoms with Crippen molar-refractivity contribution in [2.45, 2.75) is 24.7 Å². The van der Waals surface area contributed by atoms with Crippen LogP contribution >= 0.6 is 11.6 Å². The van der Waals surface area contributed by atoms with Crippen molar-refractivity contribution in [1.82, 2.24) is 10.0 Å². The minimum atomic E-state index is -3.77.